The molecule has 2 rings (SSSR count). The van der Waals surface area contributed by atoms with E-state index in [4.69, 9.17) is 5.11 Å². The highest BCUT2D eigenvalue weighted by Gasteiger charge is 2.51. The first-order valence-corrected chi connectivity index (χ1v) is 5.21. The molecule has 4 heteroatoms. The molecule has 1 saturated carbocycles. The molecule has 3 unspecified atom stereocenters. The van der Waals surface area contributed by atoms with Crippen molar-refractivity contribution in [1.82, 2.24) is 0 Å². The molecule has 1 saturated heterocycles. The van der Waals surface area contributed by atoms with Gasteiger partial charge in [-0.15, -0.1) is 0 Å². The van der Waals surface area contributed by atoms with E-state index in [9.17, 15) is 8.42 Å². The van der Waals surface area contributed by atoms with Crippen LogP contribution in [-0.2, 0) is 9.84 Å². The molecule has 0 bridgehead atoms. The summed E-state index contributed by atoms with van der Waals surface area (Å²) in [6, 6.07) is 0. The minimum absolute atomic E-state index is 0.00579. The van der Waals surface area contributed by atoms with Crippen LogP contribution in [0.25, 0.3) is 0 Å². The third kappa shape index (κ3) is 0.864. The molecule has 0 aromatic carbocycles. The average molecular weight is 162 g/mol. The van der Waals surface area contributed by atoms with E-state index in [1.165, 1.54) is 0 Å². The summed E-state index contributed by atoms with van der Waals surface area (Å²) in [4.78, 5) is 0. The molecule has 1 heterocycles. The topological polar surface area (TPSA) is 54.4 Å². The molecule has 2 fully saturated rings. The number of fused-ring (bicyclic) bond motifs is 1. The lowest BCUT2D eigenvalue weighted by molar-refractivity contribution is 0.176. The molecular weight excluding hydrogens is 152 g/mol. The third-order valence-electron chi connectivity index (χ3n) is 2.32. The van der Waals surface area contributed by atoms with Crippen molar-refractivity contribution in [3.05, 3.63) is 0 Å². The summed E-state index contributed by atoms with van der Waals surface area (Å²) in [6.07, 6.45) is 0.900. The molecule has 0 spiro atoms. The zero-order valence-electron chi connectivity index (χ0n) is 5.53. The fraction of sp³-hybridized carbons (Fsp3) is 1.00. The number of aliphatic hydroxyl groups is 1. The quantitative estimate of drug-likeness (QED) is 0.525. The summed E-state index contributed by atoms with van der Waals surface area (Å²) < 4.78 is 22.1. The van der Waals surface area contributed by atoms with E-state index in [-0.39, 0.29) is 16.9 Å². The summed E-state index contributed by atoms with van der Waals surface area (Å²) in [6.45, 7) is 0. The first-order valence-electron chi connectivity index (χ1n) is 3.49. The van der Waals surface area contributed by atoms with E-state index < -0.39 is 15.9 Å². The Balaban J connectivity index is 2.25. The maximum atomic E-state index is 11.1. The van der Waals surface area contributed by atoms with Crippen molar-refractivity contribution in [2.24, 2.45) is 5.92 Å². The largest absolute Gasteiger partial charge is 0.392 e. The molecular formula is C6H10O3S. The first-order chi connectivity index (χ1) is 4.59. The lowest BCUT2D eigenvalue weighted by Crippen LogP contribution is -2.29. The Morgan fingerprint density at radius 2 is 2.00 bits per heavy atom. The highest BCUT2D eigenvalue weighted by Crippen LogP contribution is 2.44. The van der Waals surface area contributed by atoms with Crippen LogP contribution in [0.4, 0.5) is 0 Å². The summed E-state index contributed by atoms with van der Waals surface area (Å²) in [5.74, 6) is 0.280. The normalized spacial score (nSPS) is 49.9. The van der Waals surface area contributed by atoms with Crippen LogP contribution in [-0.4, -0.2) is 30.6 Å². The van der Waals surface area contributed by atoms with Gasteiger partial charge in [-0.05, 0) is 18.8 Å². The van der Waals surface area contributed by atoms with Crippen LogP contribution in [0.2, 0.25) is 0 Å². The van der Waals surface area contributed by atoms with E-state index in [0.717, 1.165) is 6.42 Å². The van der Waals surface area contributed by atoms with Crippen molar-refractivity contribution in [2.45, 2.75) is 24.2 Å². The SMILES string of the molecule is O=S1(=O)CC(O)CC2CC21. The fourth-order valence-corrected chi connectivity index (χ4v) is 3.87. The summed E-state index contributed by atoms with van der Waals surface area (Å²) in [5.41, 5.74) is 0. The average Bonchev–Trinajstić information content (AvgIpc) is 2.40. The highest BCUT2D eigenvalue weighted by molar-refractivity contribution is 7.92. The van der Waals surface area contributed by atoms with Crippen molar-refractivity contribution in [3.8, 4) is 0 Å². The molecule has 0 amide bonds. The maximum absolute atomic E-state index is 11.1. The van der Waals surface area contributed by atoms with E-state index >= 15 is 0 Å². The maximum Gasteiger partial charge on any atom is 0.155 e. The second-order valence-corrected chi connectivity index (χ2v) is 5.52. The molecule has 0 aromatic rings. The Kier molecular flexibility index (Phi) is 1.15. The molecule has 0 radical (unpaired) electrons. The van der Waals surface area contributed by atoms with Gasteiger partial charge in [0.15, 0.2) is 9.84 Å². The van der Waals surface area contributed by atoms with Crippen LogP contribution in [0.5, 0.6) is 0 Å². The molecule has 1 N–H and O–H groups in total. The molecule has 2 aliphatic rings. The summed E-state index contributed by atoms with van der Waals surface area (Å²) in [5, 5.41) is 8.98. The van der Waals surface area contributed by atoms with Gasteiger partial charge in [0, 0.05) is 0 Å². The van der Waals surface area contributed by atoms with Gasteiger partial charge >= 0.3 is 0 Å². The zero-order valence-corrected chi connectivity index (χ0v) is 6.34. The van der Waals surface area contributed by atoms with E-state index in [0.29, 0.717) is 6.42 Å². The molecule has 3 nitrogen and oxygen atoms in total. The van der Waals surface area contributed by atoms with E-state index in [2.05, 4.69) is 0 Å². The van der Waals surface area contributed by atoms with Crippen LogP contribution in [0.15, 0.2) is 0 Å². The molecule has 0 aromatic heterocycles. The van der Waals surface area contributed by atoms with Gasteiger partial charge in [0.2, 0.25) is 0 Å². The van der Waals surface area contributed by atoms with Gasteiger partial charge < -0.3 is 5.11 Å². The van der Waals surface area contributed by atoms with E-state index in [1.807, 2.05) is 0 Å². The van der Waals surface area contributed by atoms with Crippen molar-refractivity contribution in [3.63, 3.8) is 0 Å². The number of hydrogen-bond donors (Lipinski definition) is 1. The smallest absolute Gasteiger partial charge is 0.155 e. The van der Waals surface area contributed by atoms with Crippen LogP contribution >= 0.6 is 0 Å². The zero-order chi connectivity index (χ0) is 7.35. The Hall–Kier alpha value is -0.0900. The van der Waals surface area contributed by atoms with Gasteiger partial charge in [-0.1, -0.05) is 0 Å². The fourth-order valence-electron chi connectivity index (χ4n) is 1.72. The van der Waals surface area contributed by atoms with E-state index in [1.54, 1.807) is 0 Å². The number of hydrogen-bond acceptors (Lipinski definition) is 3. The number of aliphatic hydroxyl groups excluding tert-OH is 1. The van der Waals surface area contributed by atoms with Gasteiger partial charge in [-0.2, -0.15) is 0 Å². The molecule has 58 valence electrons. The van der Waals surface area contributed by atoms with Crippen LogP contribution in [0, 0.1) is 5.92 Å². The standard InChI is InChI=1S/C6H10O3S/c7-5-1-4-2-6(4)10(8,9)3-5/h4-7H,1-3H2. The van der Waals surface area contributed by atoms with Crippen molar-refractivity contribution in [1.29, 1.82) is 0 Å². The van der Waals surface area contributed by atoms with Gasteiger partial charge in [0.1, 0.15) is 0 Å². The minimum atomic E-state index is -2.89. The molecule has 3 atom stereocenters. The highest BCUT2D eigenvalue weighted by atomic mass is 32.2. The van der Waals surface area contributed by atoms with Crippen molar-refractivity contribution >= 4 is 9.84 Å². The lowest BCUT2D eigenvalue weighted by atomic mass is 10.2. The van der Waals surface area contributed by atoms with Crippen LogP contribution in [0.1, 0.15) is 12.8 Å². The summed E-state index contributed by atoms with van der Waals surface area (Å²) in [7, 11) is -2.89. The Morgan fingerprint density at radius 3 is 2.60 bits per heavy atom. The van der Waals surface area contributed by atoms with Crippen LogP contribution in [0.3, 0.4) is 0 Å². The van der Waals surface area contributed by atoms with Crippen molar-refractivity contribution < 1.29 is 13.5 Å². The van der Waals surface area contributed by atoms with Gasteiger partial charge in [0.05, 0.1) is 17.1 Å². The van der Waals surface area contributed by atoms with Gasteiger partial charge in [0.25, 0.3) is 0 Å². The van der Waals surface area contributed by atoms with Gasteiger partial charge in [-0.3, -0.25) is 0 Å². The predicted molar refractivity (Wildman–Crippen MR) is 36.3 cm³/mol. The van der Waals surface area contributed by atoms with Crippen LogP contribution < -0.4 is 0 Å². The minimum Gasteiger partial charge on any atom is -0.392 e. The predicted octanol–water partition coefficient (Wildman–Crippen LogP) is -0.446. The lowest BCUT2D eigenvalue weighted by Gasteiger charge is -2.15. The first kappa shape index (κ1) is 6.61. The van der Waals surface area contributed by atoms with Gasteiger partial charge in [-0.25, -0.2) is 8.42 Å². The molecule has 10 heavy (non-hydrogen) atoms. The monoisotopic (exact) mass is 162 g/mol. The summed E-state index contributed by atoms with van der Waals surface area (Å²) >= 11 is 0. The molecule has 1 aliphatic carbocycles. The Morgan fingerprint density at radius 1 is 1.30 bits per heavy atom. The Bertz CT molecular complexity index is 244. The third-order valence-corrected chi connectivity index (χ3v) is 4.67. The van der Waals surface area contributed by atoms with Crippen molar-refractivity contribution in [2.75, 3.05) is 5.75 Å². The second-order valence-electron chi connectivity index (χ2n) is 3.25. The number of sulfone groups is 1. The second kappa shape index (κ2) is 1.74. The molecule has 1 aliphatic heterocycles. The Labute approximate surface area is 60.0 Å². The number of rotatable bonds is 0.